The summed E-state index contributed by atoms with van der Waals surface area (Å²) in [5, 5.41) is 0. The van der Waals surface area contributed by atoms with Crippen LogP contribution in [0.4, 0.5) is 13.2 Å². The Morgan fingerprint density at radius 1 is 1.38 bits per heavy atom. The number of rotatable bonds is 1. The van der Waals surface area contributed by atoms with Gasteiger partial charge in [-0.05, 0) is 19.3 Å². The van der Waals surface area contributed by atoms with E-state index in [2.05, 4.69) is 6.58 Å². The van der Waals surface area contributed by atoms with E-state index in [0.717, 1.165) is 6.42 Å². The number of carbonyl (C=O) groups excluding carboxylic acids is 1. The summed E-state index contributed by atoms with van der Waals surface area (Å²) in [6, 6.07) is 0. The van der Waals surface area contributed by atoms with Crippen LogP contribution in [0.15, 0.2) is 12.2 Å². The minimum Gasteiger partial charge on any atom is -0.289 e. The molecule has 1 aliphatic carbocycles. The molecule has 0 spiro atoms. The first kappa shape index (κ1) is 10.3. The van der Waals surface area contributed by atoms with Gasteiger partial charge < -0.3 is 0 Å². The highest BCUT2D eigenvalue weighted by molar-refractivity contribution is 5.88. The highest BCUT2D eigenvalue weighted by atomic mass is 19.4. The lowest BCUT2D eigenvalue weighted by Crippen LogP contribution is -2.32. The van der Waals surface area contributed by atoms with Gasteiger partial charge in [-0.2, -0.15) is 13.2 Å². The lowest BCUT2D eigenvalue weighted by molar-refractivity contribution is -0.174. The minimum absolute atomic E-state index is 0.303. The van der Waals surface area contributed by atoms with Gasteiger partial charge in [-0.15, -0.1) is 0 Å². The summed E-state index contributed by atoms with van der Waals surface area (Å²) in [5.74, 6) is -2.61. The van der Waals surface area contributed by atoms with Crippen LogP contribution in [-0.2, 0) is 4.79 Å². The van der Waals surface area contributed by atoms with Crippen LogP contribution < -0.4 is 0 Å². The van der Waals surface area contributed by atoms with Gasteiger partial charge in [-0.1, -0.05) is 18.6 Å². The Morgan fingerprint density at radius 3 is 2.46 bits per heavy atom. The average molecular weight is 192 g/mol. The van der Waals surface area contributed by atoms with E-state index < -0.39 is 17.9 Å². The lowest BCUT2D eigenvalue weighted by atomic mass is 9.82. The van der Waals surface area contributed by atoms with Gasteiger partial charge in [0.05, 0.1) is 0 Å². The molecule has 0 aromatic carbocycles. The maximum absolute atomic E-state index is 12.0. The topological polar surface area (TPSA) is 17.1 Å². The Labute approximate surface area is 74.6 Å². The fourth-order valence-corrected chi connectivity index (χ4v) is 1.59. The number of halogens is 3. The second-order valence-electron chi connectivity index (χ2n) is 3.32. The predicted molar refractivity (Wildman–Crippen MR) is 42.2 cm³/mol. The Bertz CT molecular complexity index is 230. The molecule has 0 N–H and O–H groups in total. The highest BCUT2D eigenvalue weighted by Crippen LogP contribution is 2.33. The molecule has 0 amide bonds. The van der Waals surface area contributed by atoms with E-state index in [4.69, 9.17) is 0 Å². The van der Waals surface area contributed by atoms with Crippen molar-refractivity contribution in [1.82, 2.24) is 0 Å². The molecule has 74 valence electrons. The standard InChI is InChI=1S/C9H11F3O/c1-6-4-2-3-5-7(6)8(13)9(10,11)12/h7H,1-5H2. The molecule has 0 bridgehead atoms. The summed E-state index contributed by atoms with van der Waals surface area (Å²) >= 11 is 0. The quantitative estimate of drug-likeness (QED) is 0.584. The lowest BCUT2D eigenvalue weighted by Gasteiger charge is -2.23. The van der Waals surface area contributed by atoms with Crippen LogP contribution >= 0.6 is 0 Å². The number of ketones is 1. The number of hydrogen-bond acceptors (Lipinski definition) is 1. The molecule has 1 rings (SSSR count). The van der Waals surface area contributed by atoms with E-state index in [1.807, 2.05) is 0 Å². The molecule has 1 saturated carbocycles. The van der Waals surface area contributed by atoms with E-state index in [-0.39, 0.29) is 0 Å². The molecule has 1 atom stereocenters. The summed E-state index contributed by atoms with van der Waals surface area (Å²) in [5.41, 5.74) is 0.438. The van der Waals surface area contributed by atoms with Gasteiger partial charge in [-0.25, -0.2) is 0 Å². The first-order valence-corrected chi connectivity index (χ1v) is 4.21. The molecular formula is C9H11F3O. The van der Waals surface area contributed by atoms with Crippen molar-refractivity contribution in [1.29, 1.82) is 0 Å². The molecule has 1 nitrogen and oxygen atoms in total. The molecule has 1 fully saturated rings. The summed E-state index contributed by atoms with van der Waals surface area (Å²) in [4.78, 5) is 10.8. The SMILES string of the molecule is C=C1CCCCC1C(=O)C(F)(F)F. The summed E-state index contributed by atoms with van der Waals surface area (Å²) in [6.45, 7) is 3.51. The molecule has 1 aliphatic rings. The Balaban J connectivity index is 2.70. The van der Waals surface area contributed by atoms with Gasteiger partial charge in [0.1, 0.15) is 0 Å². The van der Waals surface area contributed by atoms with E-state index >= 15 is 0 Å². The van der Waals surface area contributed by atoms with Crippen molar-refractivity contribution < 1.29 is 18.0 Å². The number of hydrogen-bond donors (Lipinski definition) is 0. The third kappa shape index (κ3) is 2.32. The van der Waals surface area contributed by atoms with Crippen molar-refractivity contribution >= 4 is 5.78 Å². The number of allylic oxidation sites excluding steroid dienone is 1. The van der Waals surface area contributed by atoms with Crippen LogP contribution in [0.1, 0.15) is 25.7 Å². The Morgan fingerprint density at radius 2 is 2.00 bits per heavy atom. The molecule has 4 heteroatoms. The Hall–Kier alpha value is -0.800. The first-order valence-electron chi connectivity index (χ1n) is 4.21. The average Bonchev–Trinajstić information content (AvgIpc) is 2.02. The monoisotopic (exact) mass is 192 g/mol. The number of Topliss-reactive ketones (excluding diaryl/α,β-unsaturated/α-hetero) is 1. The van der Waals surface area contributed by atoms with Gasteiger partial charge in [0, 0.05) is 5.92 Å². The van der Waals surface area contributed by atoms with Crippen LogP contribution in [0.2, 0.25) is 0 Å². The Kier molecular flexibility index (Phi) is 2.78. The fourth-order valence-electron chi connectivity index (χ4n) is 1.59. The highest BCUT2D eigenvalue weighted by Gasteiger charge is 2.44. The number of alkyl halides is 3. The van der Waals surface area contributed by atoms with Crippen molar-refractivity contribution in [2.24, 2.45) is 5.92 Å². The van der Waals surface area contributed by atoms with Crippen LogP contribution in [0.5, 0.6) is 0 Å². The minimum atomic E-state index is -4.70. The van der Waals surface area contributed by atoms with Gasteiger partial charge in [0.2, 0.25) is 5.78 Å². The zero-order valence-corrected chi connectivity index (χ0v) is 7.16. The van der Waals surface area contributed by atoms with Gasteiger partial charge in [0.25, 0.3) is 0 Å². The van der Waals surface area contributed by atoms with E-state index in [1.54, 1.807) is 0 Å². The molecule has 0 saturated heterocycles. The molecule has 0 aliphatic heterocycles. The molecule has 0 aromatic rings. The molecular weight excluding hydrogens is 181 g/mol. The van der Waals surface area contributed by atoms with Crippen molar-refractivity contribution in [3.8, 4) is 0 Å². The predicted octanol–water partition coefficient (Wildman–Crippen LogP) is 2.86. The molecule has 1 unspecified atom stereocenters. The normalized spacial score (nSPS) is 24.5. The largest absolute Gasteiger partial charge is 0.450 e. The fraction of sp³-hybridized carbons (Fsp3) is 0.667. The molecule has 0 radical (unpaired) electrons. The van der Waals surface area contributed by atoms with Crippen LogP contribution in [0, 0.1) is 5.92 Å². The third-order valence-corrected chi connectivity index (χ3v) is 2.33. The molecule has 0 heterocycles. The van der Waals surface area contributed by atoms with Crippen LogP contribution in [0.25, 0.3) is 0 Å². The third-order valence-electron chi connectivity index (χ3n) is 2.33. The van der Waals surface area contributed by atoms with Gasteiger partial charge in [0.15, 0.2) is 0 Å². The van der Waals surface area contributed by atoms with E-state index in [1.165, 1.54) is 0 Å². The maximum Gasteiger partial charge on any atom is 0.450 e. The van der Waals surface area contributed by atoms with Crippen LogP contribution in [0.3, 0.4) is 0 Å². The van der Waals surface area contributed by atoms with Gasteiger partial charge in [-0.3, -0.25) is 4.79 Å². The van der Waals surface area contributed by atoms with E-state index in [9.17, 15) is 18.0 Å². The van der Waals surface area contributed by atoms with Crippen molar-refractivity contribution in [3.63, 3.8) is 0 Å². The molecule has 0 aromatic heterocycles. The van der Waals surface area contributed by atoms with Crippen LogP contribution in [-0.4, -0.2) is 12.0 Å². The first-order chi connectivity index (χ1) is 5.93. The second kappa shape index (κ2) is 3.52. The van der Waals surface area contributed by atoms with E-state index in [0.29, 0.717) is 24.8 Å². The zero-order valence-electron chi connectivity index (χ0n) is 7.16. The molecule has 13 heavy (non-hydrogen) atoms. The smallest absolute Gasteiger partial charge is 0.289 e. The summed E-state index contributed by atoms with van der Waals surface area (Å²) in [7, 11) is 0. The number of carbonyl (C=O) groups is 1. The second-order valence-corrected chi connectivity index (χ2v) is 3.32. The van der Waals surface area contributed by atoms with Crippen molar-refractivity contribution in [2.75, 3.05) is 0 Å². The zero-order chi connectivity index (χ0) is 10.1. The van der Waals surface area contributed by atoms with Gasteiger partial charge >= 0.3 is 6.18 Å². The van der Waals surface area contributed by atoms with Crippen molar-refractivity contribution in [2.45, 2.75) is 31.9 Å². The van der Waals surface area contributed by atoms with Crippen molar-refractivity contribution in [3.05, 3.63) is 12.2 Å². The maximum atomic E-state index is 12.0. The summed E-state index contributed by atoms with van der Waals surface area (Å²) < 4.78 is 36.0. The summed E-state index contributed by atoms with van der Waals surface area (Å²) in [6.07, 6.45) is -2.32.